The second kappa shape index (κ2) is 8.00. The highest BCUT2D eigenvalue weighted by molar-refractivity contribution is 5.85. The van der Waals surface area contributed by atoms with Gasteiger partial charge in [0.15, 0.2) is 0 Å². The zero-order chi connectivity index (χ0) is 13.4. The number of carbonyl (C=O) groups is 1. The number of halogens is 2. The number of hydrogen-bond donors (Lipinski definition) is 1. The lowest BCUT2D eigenvalue weighted by atomic mass is 9.94. The maximum Gasteiger partial charge on any atom is 0.226 e. The summed E-state index contributed by atoms with van der Waals surface area (Å²) in [6.45, 7) is 2.94. The van der Waals surface area contributed by atoms with Gasteiger partial charge in [-0.2, -0.15) is 0 Å². The van der Waals surface area contributed by atoms with Gasteiger partial charge in [-0.25, -0.2) is 0 Å². The quantitative estimate of drug-likeness (QED) is 0.852. The summed E-state index contributed by atoms with van der Waals surface area (Å²) in [5.41, 5.74) is 5.81. The molecule has 0 bridgehead atoms. The summed E-state index contributed by atoms with van der Waals surface area (Å²) in [5, 5.41) is 0. The standard InChI is InChI=1S/C15H27N3O.2ClH/c1-17(13-7-8-18(10-13)12-5-6-12)15(19)14-4-2-3-11(14)9-16;;/h11-14H,2-10,16H2,1H3;2*1H/t11-,13?,14-;;/m1../s1. The Morgan fingerprint density at radius 2 is 1.90 bits per heavy atom. The van der Waals surface area contributed by atoms with E-state index in [0.717, 1.165) is 31.8 Å². The Morgan fingerprint density at radius 1 is 1.19 bits per heavy atom. The topological polar surface area (TPSA) is 49.6 Å². The molecule has 3 aliphatic rings. The second-order valence-electron chi connectivity index (χ2n) is 6.65. The highest BCUT2D eigenvalue weighted by Gasteiger charge is 2.39. The lowest BCUT2D eigenvalue weighted by Crippen LogP contribution is -2.44. The number of likely N-dealkylation sites (N-methyl/N-ethyl adjacent to an activating group) is 1. The van der Waals surface area contributed by atoms with Gasteiger partial charge in [0.2, 0.25) is 5.91 Å². The van der Waals surface area contributed by atoms with E-state index in [9.17, 15) is 4.79 Å². The molecule has 3 atom stereocenters. The third-order valence-corrected chi connectivity index (χ3v) is 5.43. The number of likely N-dealkylation sites (tertiary alicyclic amines) is 1. The largest absolute Gasteiger partial charge is 0.341 e. The smallest absolute Gasteiger partial charge is 0.226 e. The van der Waals surface area contributed by atoms with Crippen molar-refractivity contribution in [1.29, 1.82) is 0 Å². The molecule has 1 heterocycles. The molecule has 1 unspecified atom stereocenters. The highest BCUT2D eigenvalue weighted by Crippen LogP contribution is 2.34. The second-order valence-corrected chi connectivity index (χ2v) is 6.65. The van der Waals surface area contributed by atoms with Gasteiger partial charge in [-0.1, -0.05) is 6.42 Å². The van der Waals surface area contributed by atoms with Crippen LogP contribution in [0.3, 0.4) is 0 Å². The van der Waals surface area contributed by atoms with Crippen molar-refractivity contribution < 1.29 is 4.79 Å². The molecule has 0 aromatic heterocycles. The van der Waals surface area contributed by atoms with Crippen LogP contribution in [0.4, 0.5) is 0 Å². The van der Waals surface area contributed by atoms with Crippen LogP contribution in [0.15, 0.2) is 0 Å². The Bertz CT molecular complexity index is 352. The van der Waals surface area contributed by atoms with Crippen molar-refractivity contribution in [2.24, 2.45) is 17.6 Å². The normalized spacial score (nSPS) is 32.4. The number of amides is 1. The van der Waals surface area contributed by atoms with E-state index in [1.807, 2.05) is 11.9 Å². The van der Waals surface area contributed by atoms with Crippen molar-refractivity contribution in [2.45, 2.75) is 50.6 Å². The summed E-state index contributed by atoms with van der Waals surface area (Å²) in [5.74, 6) is 0.983. The van der Waals surface area contributed by atoms with E-state index < -0.39 is 0 Å². The van der Waals surface area contributed by atoms with Gasteiger partial charge in [0.1, 0.15) is 0 Å². The average molecular weight is 338 g/mol. The minimum Gasteiger partial charge on any atom is -0.341 e. The Kier molecular flexibility index (Phi) is 7.25. The molecule has 21 heavy (non-hydrogen) atoms. The molecule has 0 aromatic carbocycles. The lowest BCUT2D eigenvalue weighted by molar-refractivity contribution is -0.137. The van der Waals surface area contributed by atoms with Gasteiger partial charge in [-0.3, -0.25) is 9.69 Å². The molecule has 1 amide bonds. The molecule has 2 aliphatic carbocycles. The third-order valence-electron chi connectivity index (χ3n) is 5.43. The fourth-order valence-electron chi connectivity index (χ4n) is 3.94. The van der Waals surface area contributed by atoms with Crippen LogP contribution in [-0.4, -0.2) is 54.5 Å². The van der Waals surface area contributed by atoms with Crippen molar-refractivity contribution in [2.75, 3.05) is 26.7 Å². The first-order valence-electron chi connectivity index (χ1n) is 7.91. The molecule has 1 aliphatic heterocycles. The Balaban J connectivity index is 0.00000110. The molecular weight excluding hydrogens is 309 g/mol. The molecule has 4 nitrogen and oxygen atoms in total. The van der Waals surface area contributed by atoms with Crippen molar-refractivity contribution in [3.05, 3.63) is 0 Å². The molecule has 124 valence electrons. The lowest BCUT2D eigenvalue weighted by Gasteiger charge is -2.29. The van der Waals surface area contributed by atoms with E-state index >= 15 is 0 Å². The molecule has 0 aromatic rings. The number of nitrogens with two attached hydrogens (primary N) is 1. The fraction of sp³-hybridized carbons (Fsp3) is 0.933. The first kappa shape index (κ1) is 19.0. The molecule has 6 heteroatoms. The van der Waals surface area contributed by atoms with E-state index in [1.165, 1.54) is 25.8 Å². The summed E-state index contributed by atoms with van der Waals surface area (Å²) in [6, 6.07) is 1.27. The average Bonchev–Trinajstić information content (AvgIpc) is 2.98. The summed E-state index contributed by atoms with van der Waals surface area (Å²) in [4.78, 5) is 17.3. The van der Waals surface area contributed by atoms with E-state index in [4.69, 9.17) is 5.73 Å². The summed E-state index contributed by atoms with van der Waals surface area (Å²) in [6.07, 6.45) is 7.23. The molecule has 1 saturated heterocycles. The minimum atomic E-state index is 0. The molecule has 3 fully saturated rings. The first-order chi connectivity index (χ1) is 9.20. The van der Waals surface area contributed by atoms with Gasteiger partial charge < -0.3 is 10.6 Å². The SMILES string of the molecule is CN(C(=O)[C@@H]1CCC[C@@H]1CN)C1CCN(C2CC2)C1.Cl.Cl. The van der Waals surface area contributed by atoms with Gasteiger partial charge in [0.05, 0.1) is 0 Å². The number of hydrogen-bond acceptors (Lipinski definition) is 3. The molecular formula is C15H29Cl2N3O. The van der Waals surface area contributed by atoms with Crippen LogP contribution < -0.4 is 5.73 Å². The maximum atomic E-state index is 12.6. The molecule has 0 spiro atoms. The monoisotopic (exact) mass is 337 g/mol. The van der Waals surface area contributed by atoms with Crippen molar-refractivity contribution >= 4 is 30.7 Å². The molecule has 2 saturated carbocycles. The Morgan fingerprint density at radius 3 is 2.52 bits per heavy atom. The number of carbonyl (C=O) groups excluding carboxylic acids is 1. The maximum absolute atomic E-state index is 12.6. The minimum absolute atomic E-state index is 0. The zero-order valence-corrected chi connectivity index (χ0v) is 14.5. The number of nitrogens with zero attached hydrogens (tertiary/aromatic N) is 2. The van der Waals surface area contributed by atoms with E-state index in [0.29, 0.717) is 24.4 Å². The third kappa shape index (κ3) is 4.04. The predicted octanol–water partition coefficient (Wildman–Crippen LogP) is 1.90. The Hall–Kier alpha value is -0.0300. The van der Waals surface area contributed by atoms with Gasteiger partial charge in [0.25, 0.3) is 0 Å². The van der Waals surface area contributed by atoms with Crippen LogP contribution in [0.2, 0.25) is 0 Å². The van der Waals surface area contributed by atoms with Gasteiger partial charge in [-0.05, 0) is 44.6 Å². The molecule has 2 N–H and O–H groups in total. The summed E-state index contributed by atoms with van der Waals surface area (Å²) >= 11 is 0. The van der Waals surface area contributed by atoms with Crippen molar-refractivity contribution in [3.63, 3.8) is 0 Å². The van der Waals surface area contributed by atoms with Crippen LogP contribution in [-0.2, 0) is 4.79 Å². The van der Waals surface area contributed by atoms with Crippen LogP contribution in [0.25, 0.3) is 0 Å². The van der Waals surface area contributed by atoms with E-state index in [1.54, 1.807) is 0 Å². The van der Waals surface area contributed by atoms with Gasteiger partial charge >= 0.3 is 0 Å². The first-order valence-corrected chi connectivity index (χ1v) is 7.91. The van der Waals surface area contributed by atoms with Gasteiger partial charge in [-0.15, -0.1) is 24.8 Å². The van der Waals surface area contributed by atoms with Crippen LogP contribution in [0, 0.1) is 11.8 Å². The van der Waals surface area contributed by atoms with Crippen molar-refractivity contribution in [1.82, 2.24) is 9.80 Å². The molecule has 0 radical (unpaired) electrons. The van der Waals surface area contributed by atoms with Crippen molar-refractivity contribution in [3.8, 4) is 0 Å². The van der Waals surface area contributed by atoms with Gasteiger partial charge in [0, 0.05) is 38.1 Å². The van der Waals surface area contributed by atoms with E-state index in [-0.39, 0.29) is 30.7 Å². The summed E-state index contributed by atoms with van der Waals surface area (Å²) < 4.78 is 0. The van der Waals surface area contributed by atoms with Crippen LogP contribution in [0.1, 0.15) is 38.5 Å². The highest BCUT2D eigenvalue weighted by atomic mass is 35.5. The van der Waals surface area contributed by atoms with Crippen LogP contribution in [0.5, 0.6) is 0 Å². The van der Waals surface area contributed by atoms with Crippen LogP contribution >= 0.6 is 24.8 Å². The summed E-state index contributed by atoms with van der Waals surface area (Å²) in [7, 11) is 2.01. The molecule has 3 rings (SSSR count). The number of rotatable bonds is 4. The Labute approximate surface area is 140 Å². The predicted molar refractivity (Wildman–Crippen MR) is 90.2 cm³/mol. The van der Waals surface area contributed by atoms with E-state index in [2.05, 4.69) is 4.90 Å². The fourth-order valence-corrected chi connectivity index (χ4v) is 3.94. The zero-order valence-electron chi connectivity index (χ0n) is 12.9.